The fourth-order valence-electron chi connectivity index (χ4n) is 3.56. The molecule has 7 nitrogen and oxygen atoms in total. The molecule has 0 saturated carbocycles. The van der Waals surface area contributed by atoms with Crippen LogP contribution in [0.2, 0.25) is 0 Å². The molecule has 0 aliphatic carbocycles. The quantitative estimate of drug-likeness (QED) is 0.871. The molecule has 3 heterocycles. The number of nitrogens with zero attached hydrogens (tertiary/aromatic N) is 2. The van der Waals surface area contributed by atoms with Crippen molar-refractivity contribution < 1.29 is 17.6 Å². The Balaban J connectivity index is 1.68. The van der Waals surface area contributed by atoms with Gasteiger partial charge in [-0.15, -0.1) is 0 Å². The Kier molecular flexibility index (Phi) is 4.74. The van der Waals surface area contributed by atoms with Crippen molar-refractivity contribution in [1.82, 2.24) is 8.61 Å². The molecule has 2 aliphatic heterocycles. The monoisotopic (exact) mass is 341 g/mol. The Hall–Kier alpha value is -1.38. The van der Waals surface area contributed by atoms with Crippen LogP contribution < -0.4 is 5.73 Å². The van der Waals surface area contributed by atoms with Gasteiger partial charge in [0, 0.05) is 26.1 Å². The number of rotatable bonds is 5. The van der Waals surface area contributed by atoms with Crippen LogP contribution in [-0.2, 0) is 15.0 Å². The molecule has 0 spiro atoms. The summed E-state index contributed by atoms with van der Waals surface area (Å²) in [5, 5.41) is 0. The van der Waals surface area contributed by atoms with Gasteiger partial charge < -0.3 is 10.2 Å². The van der Waals surface area contributed by atoms with Crippen molar-refractivity contribution in [3.8, 4) is 0 Å². The number of furan rings is 1. The van der Waals surface area contributed by atoms with E-state index in [0.29, 0.717) is 44.7 Å². The molecule has 8 heteroatoms. The second-order valence-electron chi connectivity index (χ2n) is 6.30. The van der Waals surface area contributed by atoms with E-state index in [-0.39, 0.29) is 17.9 Å². The minimum absolute atomic E-state index is 0.193. The van der Waals surface area contributed by atoms with Crippen molar-refractivity contribution in [2.45, 2.75) is 38.1 Å². The predicted octanol–water partition coefficient (Wildman–Crippen LogP) is 1.25. The Morgan fingerprint density at radius 3 is 2.61 bits per heavy atom. The molecular weight excluding hydrogens is 318 g/mol. The van der Waals surface area contributed by atoms with Crippen LogP contribution >= 0.6 is 0 Å². The zero-order valence-corrected chi connectivity index (χ0v) is 13.9. The number of hydrogen-bond acceptors (Lipinski definition) is 4. The molecule has 3 rings (SSSR count). The largest absolute Gasteiger partial charge is 0.468 e. The third kappa shape index (κ3) is 3.44. The molecule has 0 aromatic carbocycles. The molecule has 0 bridgehead atoms. The molecule has 23 heavy (non-hydrogen) atoms. The van der Waals surface area contributed by atoms with E-state index in [4.69, 9.17) is 10.2 Å². The van der Waals surface area contributed by atoms with Crippen molar-refractivity contribution in [3.63, 3.8) is 0 Å². The molecule has 2 N–H and O–H groups in total. The number of carbonyl (C=O) groups is 1. The summed E-state index contributed by atoms with van der Waals surface area (Å²) in [4.78, 5) is 11.0. The van der Waals surface area contributed by atoms with Crippen LogP contribution in [-0.4, -0.2) is 42.6 Å². The predicted molar refractivity (Wildman–Crippen MR) is 84.4 cm³/mol. The SMILES string of the molecule is NC(=O)CC1CCN(S(=O)(=O)N2CCC[C@H]2c2ccco2)CC1. The Bertz CT molecular complexity index is 636. The molecule has 1 amide bonds. The maximum Gasteiger partial charge on any atom is 0.282 e. The molecule has 0 radical (unpaired) electrons. The van der Waals surface area contributed by atoms with Crippen LogP contribution in [0.3, 0.4) is 0 Å². The summed E-state index contributed by atoms with van der Waals surface area (Å²) < 4.78 is 34.4. The highest BCUT2D eigenvalue weighted by atomic mass is 32.2. The highest BCUT2D eigenvalue weighted by Gasteiger charge is 2.41. The van der Waals surface area contributed by atoms with Gasteiger partial charge in [0.05, 0.1) is 12.3 Å². The third-order valence-corrected chi connectivity index (χ3v) is 6.81. The lowest BCUT2D eigenvalue weighted by atomic mass is 9.94. The average molecular weight is 341 g/mol. The summed E-state index contributed by atoms with van der Waals surface area (Å²) in [5.74, 6) is 0.580. The van der Waals surface area contributed by atoms with E-state index in [1.54, 1.807) is 16.6 Å². The van der Waals surface area contributed by atoms with Gasteiger partial charge in [-0.3, -0.25) is 4.79 Å². The van der Waals surface area contributed by atoms with Crippen molar-refractivity contribution >= 4 is 16.1 Å². The summed E-state index contributed by atoms with van der Waals surface area (Å²) in [6.45, 7) is 1.41. The van der Waals surface area contributed by atoms with Crippen LogP contribution in [0.5, 0.6) is 0 Å². The average Bonchev–Trinajstić information content (AvgIpc) is 3.18. The van der Waals surface area contributed by atoms with E-state index in [1.165, 1.54) is 4.31 Å². The first-order chi connectivity index (χ1) is 11.0. The summed E-state index contributed by atoms with van der Waals surface area (Å²) in [7, 11) is -3.50. The van der Waals surface area contributed by atoms with Crippen LogP contribution in [0, 0.1) is 5.92 Å². The zero-order valence-electron chi connectivity index (χ0n) is 13.1. The van der Waals surface area contributed by atoms with Gasteiger partial charge in [-0.25, -0.2) is 0 Å². The maximum absolute atomic E-state index is 12.9. The van der Waals surface area contributed by atoms with Crippen molar-refractivity contribution in [2.24, 2.45) is 11.7 Å². The fraction of sp³-hybridized carbons (Fsp3) is 0.667. The number of amides is 1. The van der Waals surface area contributed by atoms with E-state index in [2.05, 4.69) is 0 Å². The van der Waals surface area contributed by atoms with E-state index >= 15 is 0 Å². The Morgan fingerprint density at radius 1 is 1.26 bits per heavy atom. The van der Waals surface area contributed by atoms with Crippen molar-refractivity contribution in [2.75, 3.05) is 19.6 Å². The molecule has 1 aromatic rings. The summed E-state index contributed by atoms with van der Waals surface area (Å²) >= 11 is 0. The van der Waals surface area contributed by atoms with Gasteiger partial charge in [-0.1, -0.05) is 0 Å². The van der Waals surface area contributed by atoms with Crippen molar-refractivity contribution in [1.29, 1.82) is 0 Å². The molecular formula is C15H23N3O4S. The number of piperidine rings is 1. The first kappa shape index (κ1) is 16.5. The number of hydrogen-bond donors (Lipinski definition) is 1. The number of nitrogens with two attached hydrogens (primary N) is 1. The lowest BCUT2D eigenvalue weighted by molar-refractivity contribution is -0.119. The summed E-state index contributed by atoms with van der Waals surface area (Å²) in [5.41, 5.74) is 5.23. The fourth-order valence-corrected chi connectivity index (χ4v) is 5.42. The third-order valence-electron chi connectivity index (χ3n) is 4.76. The van der Waals surface area contributed by atoms with Gasteiger partial charge in [0.2, 0.25) is 5.91 Å². The van der Waals surface area contributed by atoms with E-state index in [0.717, 1.165) is 12.8 Å². The van der Waals surface area contributed by atoms with E-state index < -0.39 is 10.2 Å². The van der Waals surface area contributed by atoms with Crippen LogP contribution in [0.15, 0.2) is 22.8 Å². The first-order valence-electron chi connectivity index (χ1n) is 8.07. The van der Waals surface area contributed by atoms with Gasteiger partial charge in [0.1, 0.15) is 5.76 Å². The van der Waals surface area contributed by atoms with Crippen LogP contribution in [0.4, 0.5) is 0 Å². The topological polar surface area (TPSA) is 96.8 Å². The first-order valence-corrected chi connectivity index (χ1v) is 9.47. The lowest BCUT2D eigenvalue weighted by Gasteiger charge is -2.34. The number of carbonyl (C=O) groups excluding carboxylic acids is 1. The van der Waals surface area contributed by atoms with Gasteiger partial charge in [-0.2, -0.15) is 17.0 Å². The molecule has 1 aromatic heterocycles. The molecule has 128 valence electrons. The summed E-state index contributed by atoms with van der Waals surface area (Å²) in [6.07, 6.45) is 4.90. The molecule has 2 fully saturated rings. The zero-order chi connectivity index (χ0) is 16.4. The molecule has 1 atom stereocenters. The smallest absolute Gasteiger partial charge is 0.282 e. The second-order valence-corrected chi connectivity index (χ2v) is 8.19. The van der Waals surface area contributed by atoms with Crippen LogP contribution in [0.25, 0.3) is 0 Å². The minimum atomic E-state index is -3.50. The van der Waals surface area contributed by atoms with Gasteiger partial charge >= 0.3 is 0 Å². The molecule has 2 aliphatic rings. The van der Waals surface area contributed by atoms with E-state index in [1.807, 2.05) is 6.07 Å². The highest BCUT2D eigenvalue weighted by Crippen LogP contribution is 2.36. The van der Waals surface area contributed by atoms with Gasteiger partial charge in [-0.05, 0) is 43.7 Å². The standard InChI is InChI=1S/C15H23N3O4S/c16-15(19)11-12-5-8-17(9-6-12)23(20,21)18-7-1-3-13(18)14-4-2-10-22-14/h2,4,10,12-13H,1,3,5-9,11H2,(H2,16,19)/t13-/m0/s1. The minimum Gasteiger partial charge on any atom is -0.468 e. The van der Waals surface area contributed by atoms with Gasteiger partial charge in [0.15, 0.2) is 0 Å². The van der Waals surface area contributed by atoms with Crippen LogP contribution in [0.1, 0.15) is 43.9 Å². The Morgan fingerprint density at radius 2 is 2.00 bits per heavy atom. The number of primary amides is 1. The summed E-state index contributed by atoms with van der Waals surface area (Å²) in [6, 6.07) is 3.41. The van der Waals surface area contributed by atoms with Crippen molar-refractivity contribution in [3.05, 3.63) is 24.2 Å². The molecule has 0 unspecified atom stereocenters. The lowest BCUT2D eigenvalue weighted by Crippen LogP contribution is -2.47. The molecule has 2 saturated heterocycles. The van der Waals surface area contributed by atoms with E-state index in [9.17, 15) is 13.2 Å². The maximum atomic E-state index is 12.9. The van der Waals surface area contributed by atoms with Gasteiger partial charge in [0.25, 0.3) is 10.2 Å². The Labute approximate surface area is 136 Å². The highest BCUT2D eigenvalue weighted by molar-refractivity contribution is 7.86. The normalized spacial score (nSPS) is 25.0. The second kappa shape index (κ2) is 6.62.